The molecular weight excluding hydrogens is 279 g/mol. The summed E-state index contributed by atoms with van der Waals surface area (Å²) in [6.45, 7) is 9.71. The van der Waals surface area contributed by atoms with Crippen molar-refractivity contribution in [1.82, 2.24) is 0 Å². The smallest absolute Gasteiger partial charge is 0.0589 e. The number of hydrogen-bond donors (Lipinski definition) is 0. The van der Waals surface area contributed by atoms with Crippen molar-refractivity contribution >= 4 is 7.26 Å². The molecule has 0 fully saturated rings. The second kappa shape index (κ2) is 12.4. The molecule has 0 spiro atoms. The molecule has 0 atom stereocenters. The van der Waals surface area contributed by atoms with E-state index in [1.807, 2.05) is 0 Å². The Balaban J connectivity index is 0. The van der Waals surface area contributed by atoms with Crippen LogP contribution in [-0.4, -0.2) is 25.7 Å². The summed E-state index contributed by atoms with van der Waals surface area (Å²) in [5.74, 6) is 0. The van der Waals surface area contributed by atoms with Gasteiger partial charge in [-0.15, -0.1) is 0 Å². The predicted octanol–water partition coefficient (Wildman–Crippen LogP) is 2.43. The third-order valence-corrected chi connectivity index (χ3v) is 6.29. The van der Waals surface area contributed by atoms with Crippen LogP contribution in [0.2, 0.25) is 0 Å². The van der Waals surface area contributed by atoms with Crippen molar-refractivity contribution in [2.45, 2.75) is 65.2 Å². The molecule has 0 saturated carbocycles. The summed E-state index contributed by atoms with van der Waals surface area (Å²) in [5, 5.41) is 0. The fourth-order valence-corrected chi connectivity index (χ4v) is 4.43. The predicted molar refractivity (Wildman–Crippen MR) is 76.8 cm³/mol. The highest BCUT2D eigenvalue weighted by Gasteiger charge is 2.22. The van der Waals surface area contributed by atoms with Gasteiger partial charge >= 0.3 is 0 Å². The Morgan fingerprint density at radius 2 is 1.00 bits per heavy atom. The van der Waals surface area contributed by atoms with Gasteiger partial charge in [-0.3, -0.25) is 0 Å². The third kappa shape index (κ3) is 13.0. The lowest BCUT2D eigenvalue weighted by Crippen LogP contribution is -3.00. The van der Waals surface area contributed by atoms with Crippen molar-refractivity contribution < 1.29 is 17.0 Å². The van der Waals surface area contributed by atoms with Crippen LogP contribution in [0.15, 0.2) is 0 Å². The van der Waals surface area contributed by atoms with Gasteiger partial charge in [-0.05, 0) is 25.7 Å². The summed E-state index contributed by atoms with van der Waals surface area (Å²) in [6.07, 6.45) is 14.6. The number of halogens is 1. The van der Waals surface area contributed by atoms with Crippen LogP contribution in [0.3, 0.4) is 0 Å². The van der Waals surface area contributed by atoms with Gasteiger partial charge in [0.2, 0.25) is 0 Å². The van der Waals surface area contributed by atoms with Gasteiger partial charge in [0.05, 0.1) is 12.3 Å². The summed E-state index contributed by atoms with van der Waals surface area (Å²) >= 11 is 0. The highest BCUT2D eigenvalue weighted by molar-refractivity contribution is 7.74. The zero-order valence-electron chi connectivity index (χ0n) is 11.9. The Hall–Kier alpha value is 0.910. The molecule has 0 aliphatic heterocycles. The van der Waals surface area contributed by atoms with Gasteiger partial charge in [-0.1, -0.05) is 39.5 Å². The van der Waals surface area contributed by atoms with Gasteiger partial charge in [0.25, 0.3) is 0 Å². The van der Waals surface area contributed by atoms with Gasteiger partial charge in [0, 0.05) is 20.6 Å². The fourth-order valence-electron chi connectivity index (χ4n) is 2.05. The first kappa shape index (κ1) is 19.3. The van der Waals surface area contributed by atoms with E-state index < -0.39 is 7.26 Å². The molecule has 0 nitrogen and oxygen atoms in total. The summed E-state index contributed by atoms with van der Waals surface area (Å²) in [7, 11) is -0.523. The van der Waals surface area contributed by atoms with E-state index >= 15 is 0 Å². The molecule has 0 N–H and O–H groups in total. The van der Waals surface area contributed by atoms with E-state index in [9.17, 15) is 0 Å². The Kier molecular flexibility index (Phi) is 14.9. The quantitative estimate of drug-likeness (QED) is 0.429. The molecule has 2 heteroatoms. The van der Waals surface area contributed by atoms with Crippen LogP contribution in [0.5, 0.6) is 0 Å². The molecule has 0 heterocycles. The maximum atomic E-state index is 2.56. The maximum absolute atomic E-state index is 2.56. The lowest BCUT2D eigenvalue weighted by Gasteiger charge is -2.17. The minimum absolute atomic E-state index is 0. The van der Waals surface area contributed by atoms with Crippen molar-refractivity contribution in [3.63, 3.8) is 0 Å². The van der Waals surface area contributed by atoms with E-state index in [-0.39, 0.29) is 17.0 Å². The lowest BCUT2D eigenvalue weighted by molar-refractivity contribution is -0.00000364. The standard InChI is InChI=1S/C14H32P.BrH/c1-5-7-9-11-13-15(3,4)14-12-10-8-6-2;/h5-14H2,1-4H3;1H/q+1;/p-1. The second-order valence-corrected chi connectivity index (χ2v) is 10.3. The van der Waals surface area contributed by atoms with E-state index in [4.69, 9.17) is 0 Å². The summed E-state index contributed by atoms with van der Waals surface area (Å²) in [6, 6.07) is 0. The van der Waals surface area contributed by atoms with Gasteiger partial charge in [-0.25, -0.2) is 0 Å². The van der Waals surface area contributed by atoms with Crippen LogP contribution in [-0.2, 0) is 0 Å². The fraction of sp³-hybridized carbons (Fsp3) is 1.00. The number of hydrogen-bond acceptors (Lipinski definition) is 0. The zero-order valence-corrected chi connectivity index (χ0v) is 14.4. The van der Waals surface area contributed by atoms with Crippen molar-refractivity contribution in [2.24, 2.45) is 0 Å². The van der Waals surface area contributed by atoms with E-state index in [1.54, 1.807) is 12.3 Å². The molecular formula is C14H32BrP. The molecule has 0 aromatic heterocycles. The molecule has 0 saturated heterocycles. The van der Waals surface area contributed by atoms with Gasteiger partial charge < -0.3 is 17.0 Å². The van der Waals surface area contributed by atoms with Gasteiger partial charge in [0.15, 0.2) is 0 Å². The molecule has 100 valence electrons. The Bertz CT molecular complexity index is 121. The van der Waals surface area contributed by atoms with E-state index in [2.05, 4.69) is 27.2 Å². The lowest BCUT2D eigenvalue weighted by atomic mass is 10.2. The zero-order chi connectivity index (χ0) is 11.6. The molecule has 0 rings (SSSR count). The molecule has 0 bridgehead atoms. The maximum Gasteiger partial charge on any atom is 0.0589 e. The molecule has 0 aliphatic rings. The summed E-state index contributed by atoms with van der Waals surface area (Å²) in [4.78, 5) is 0. The van der Waals surface area contributed by atoms with Crippen LogP contribution < -0.4 is 17.0 Å². The Morgan fingerprint density at radius 3 is 1.31 bits per heavy atom. The minimum atomic E-state index is -0.523. The molecule has 0 aliphatic carbocycles. The highest BCUT2D eigenvalue weighted by atomic mass is 79.9. The number of rotatable bonds is 10. The largest absolute Gasteiger partial charge is 1.00 e. The van der Waals surface area contributed by atoms with E-state index in [0.717, 1.165) is 0 Å². The average molecular weight is 311 g/mol. The average Bonchev–Trinajstić information content (AvgIpc) is 2.20. The minimum Gasteiger partial charge on any atom is -1.00 e. The Labute approximate surface area is 115 Å². The van der Waals surface area contributed by atoms with E-state index in [0.29, 0.717) is 0 Å². The number of unbranched alkanes of at least 4 members (excludes halogenated alkanes) is 6. The monoisotopic (exact) mass is 310 g/mol. The van der Waals surface area contributed by atoms with Gasteiger partial charge in [-0.2, -0.15) is 0 Å². The third-order valence-electron chi connectivity index (χ3n) is 3.23. The van der Waals surface area contributed by atoms with Crippen molar-refractivity contribution in [3.05, 3.63) is 0 Å². The van der Waals surface area contributed by atoms with Crippen molar-refractivity contribution in [3.8, 4) is 0 Å². The van der Waals surface area contributed by atoms with Crippen LogP contribution in [0.25, 0.3) is 0 Å². The highest BCUT2D eigenvalue weighted by Crippen LogP contribution is 2.52. The molecule has 0 aromatic rings. The van der Waals surface area contributed by atoms with Crippen LogP contribution in [0.4, 0.5) is 0 Å². The first-order chi connectivity index (χ1) is 7.12. The summed E-state index contributed by atoms with van der Waals surface area (Å²) in [5.41, 5.74) is 0. The molecule has 0 radical (unpaired) electrons. The first-order valence-corrected chi connectivity index (χ1v) is 9.99. The normalized spacial score (nSPS) is 11.2. The SMILES string of the molecule is CCCCCC[P+](C)(C)CCCCCC.[Br-]. The van der Waals surface area contributed by atoms with Crippen LogP contribution in [0.1, 0.15) is 65.2 Å². The topological polar surface area (TPSA) is 0 Å². The second-order valence-electron chi connectivity index (χ2n) is 5.50. The Morgan fingerprint density at radius 1 is 0.625 bits per heavy atom. The molecule has 0 amide bonds. The van der Waals surface area contributed by atoms with Crippen molar-refractivity contribution in [2.75, 3.05) is 25.7 Å². The van der Waals surface area contributed by atoms with Crippen LogP contribution in [0, 0.1) is 0 Å². The molecule has 0 aromatic carbocycles. The molecule has 16 heavy (non-hydrogen) atoms. The van der Waals surface area contributed by atoms with Crippen LogP contribution >= 0.6 is 7.26 Å². The summed E-state index contributed by atoms with van der Waals surface area (Å²) < 4.78 is 0. The van der Waals surface area contributed by atoms with Crippen molar-refractivity contribution in [1.29, 1.82) is 0 Å². The first-order valence-electron chi connectivity index (χ1n) is 6.94. The van der Waals surface area contributed by atoms with E-state index in [1.165, 1.54) is 51.4 Å². The van der Waals surface area contributed by atoms with Gasteiger partial charge in [0.1, 0.15) is 0 Å². The molecule has 0 unspecified atom stereocenters.